The van der Waals surface area contributed by atoms with Gasteiger partial charge in [0.05, 0.1) is 12.2 Å². The zero-order valence-corrected chi connectivity index (χ0v) is 13.9. The number of nitrogens with zero attached hydrogens (tertiary/aromatic N) is 1. The summed E-state index contributed by atoms with van der Waals surface area (Å²) in [6.45, 7) is 0. The molecule has 0 aliphatic heterocycles. The molecule has 10 heteroatoms. The summed E-state index contributed by atoms with van der Waals surface area (Å²) < 4.78 is 0. The maximum Gasteiger partial charge on any atom is 0.153 e. The molecule has 0 fully saturated rings. The van der Waals surface area contributed by atoms with Crippen molar-refractivity contribution in [2.45, 2.75) is 12.2 Å². The van der Waals surface area contributed by atoms with Gasteiger partial charge in [0.2, 0.25) is 0 Å². The van der Waals surface area contributed by atoms with Crippen molar-refractivity contribution >= 4 is 55.4 Å². The normalized spacial score (nSPS) is 15.2. The van der Waals surface area contributed by atoms with Gasteiger partial charge < -0.3 is 21.7 Å². The number of hydrogen-bond donors (Lipinski definition) is 5. The first-order valence-electron chi connectivity index (χ1n) is 5.38. The van der Waals surface area contributed by atoms with Crippen LogP contribution in [0.25, 0.3) is 0 Å². The van der Waals surface area contributed by atoms with Gasteiger partial charge in [0.15, 0.2) is 10.3 Å². The Bertz CT molecular complexity index is 293. The van der Waals surface area contributed by atoms with E-state index in [1.165, 1.54) is 33.3 Å². The standard InChI is InChI=1S/C9H20N4O2S4/c1-13-9(12)17-3-7(15)5-19-18-4-6(14)2-16-8(10)11/h6-7,14-15H,2-5H2,1H3,(H3,10,11)(H2,12,13). The first kappa shape index (κ1) is 19.3. The van der Waals surface area contributed by atoms with Crippen molar-refractivity contribution < 1.29 is 10.2 Å². The van der Waals surface area contributed by atoms with E-state index in [-0.39, 0.29) is 5.17 Å². The van der Waals surface area contributed by atoms with E-state index in [0.717, 1.165) is 11.8 Å². The van der Waals surface area contributed by atoms with E-state index in [1.807, 2.05) is 0 Å². The number of amidine groups is 2. The lowest BCUT2D eigenvalue weighted by Gasteiger charge is -2.11. The molecule has 6 nitrogen and oxygen atoms in total. The highest BCUT2D eigenvalue weighted by Crippen LogP contribution is 2.24. The average molecular weight is 345 g/mol. The lowest BCUT2D eigenvalue weighted by atomic mass is 10.5. The number of hydrogen-bond acceptors (Lipinski definition) is 8. The highest BCUT2D eigenvalue weighted by molar-refractivity contribution is 8.76. The fourth-order valence-electron chi connectivity index (χ4n) is 0.782. The Morgan fingerprint density at radius 1 is 1.05 bits per heavy atom. The van der Waals surface area contributed by atoms with Crippen LogP contribution in [-0.4, -0.2) is 62.8 Å². The lowest BCUT2D eigenvalue weighted by Crippen LogP contribution is -2.18. The maximum atomic E-state index is 9.66. The van der Waals surface area contributed by atoms with E-state index in [1.54, 1.807) is 7.05 Å². The molecule has 2 atom stereocenters. The smallest absolute Gasteiger partial charge is 0.153 e. The molecule has 0 aliphatic rings. The molecule has 0 radical (unpaired) electrons. The van der Waals surface area contributed by atoms with Crippen molar-refractivity contribution in [3.05, 3.63) is 0 Å². The number of aliphatic hydroxyl groups excluding tert-OH is 2. The van der Waals surface area contributed by atoms with Gasteiger partial charge in [0.25, 0.3) is 0 Å². The summed E-state index contributed by atoms with van der Waals surface area (Å²) >= 11 is 2.45. The Hall–Kier alpha value is 0.260. The van der Waals surface area contributed by atoms with Crippen LogP contribution in [0.4, 0.5) is 0 Å². The van der Waals surface area contributed by atoms with E-state index < -0.39 is 12.2 Å². The molecule has 112 valence electrons. The van der Waals surface area contributed by atoms with Gasteiger partial charge in [-0.05, 0) is 0 Å². The third-order valence-corrected chi connectivity index (χ3v) is 6.10. The third-order valence-electron chi connectivity index (χ3n) is 1.68. The van der Waals surface area contributed by atoms with E-state index in [2.05, 4.69) is 4.99 Å². The first-order valence-corrected chi connectivity index (χ1v) is 9.84. The van der Waals surface area contributed by atoms with E-state index in [9.17, 15) is 10.2 Å². The molecule has 0 aromatic carbocycles. The fourth-order valence-corrected chi connectivity index (χ4v) is 4.44. The monoisotopic (exact) mass is 344 g/mol. The quantitative estimate of drug-likeness (QED) is 0.176. The number of nitrogens with two attached hydrogens (primary N) is 2. The van der Waals surface area contributed by atoms with E-state index >= 15 is 0 Å². The van der Waals surface area contributed by atoms with Crippen LogP contribution in [0.1, 0.15) is 0 Å². The van der Waals surface area contributed by atoms with Crippen molar-refractivity contribution in [3.63, 3.8) is 0 Å². The minimum absolute atomic E-state index is 0.0133. The molecule has 0 aliphatic carbocycles. The van der Waals surface area contributed by atoms with Gasteiger partial charge in [-0.1, -0.05) is 45.1 Å². The zero-order chi connectivity index (χ0) is 14.7. The summed E-state index contributed by atoms with van der Waals surface area (Å²) in [5, 5.41) is 26.7. The third kappa shape index (κ3) is 13.0. The van der Waals surface area contributed by atoms with E-state index in [4.69, 9.17) is 16.9 Å². The Kier molecular flexibility index (Phi) is 12.2. The molecular weight excluding hydrogens is 324 g/mol. The number of thioether (sulfide) groups is 2. The van der Waals surface area contributed by atoms with Gasteiger partial charge in [-0.3, -0.25) is 10.4 Å². The van der Waals surface area contributed by atoms with Crippen molar-refractivity contribution in [2.75, 3.05) is 30.1 Å². The van der Waals surface area contributed by atoms with Crippen molar-refractivity contribution in [2.24, 2.45) is 16.5 Å². The van der Waals surface area contributed by atoms with Gasteiger partial charge in [-0.15, -0.1) is 0 Å². The van der Waals surface area contributed by atoms with Gasteiger partial charge in [-0.2, -0.15) is 0 Å². The van der Waals surface area contributed by atoms with Gasteiger partial charge in [0.1, 0.15) is 0 Å². The largest absolute Gasteiger partial charge is 0.391 e. The molecule has 2 unspecified atom stereocenters. The molecular formula is C9H20N4O2S4. The topological polar surface area (TPSA) is 129 Å². The van der Waals surface area contributed by atoms with Gasteiger partial charge in [0, 0.05) is 30.1 Å². The predicted molar refractivity (Wildman–Crippen MR) is 91.3 cm³/mol. The van der Waals surface area contributed by atoms with Crippen molar-refractivity contribution in [1.29, 1.82) is 5.41 Å². The van der Waals surface area contributed by atoms with Crippen LogP contribution in [0.5, 0.6) is 0 Å². The molecule has 0 spiro atoms. The van der Waals surface area contributed by atoms with Crippen molar-refractivity contribution in [3.8, 4) is 0 Å². The minimum atomic E-state index is -0.499. The summed E-state index contributed by atoms with van der Waals surface area (Å²) in [5.41, 5.74) is 10.7. The molecule has 0 rings (SSSR count). The molecule has 0 amide bonds. The van der Waals surface area contributed by atoms with Crippen LogP contribution in [0.15, 0.2) is 4.99 Å². The van der Waals surface area contributed by atoms with Crippen LogP contribution >= 0.6 is 45.1 Å². The minimum Gasteiger partial charge on any atom is -0.391 e. The van der Waals surface area contributed by atoms with Gasteiger partial charge in [-0.25, -0.2) is 0 Å². The second-order valence-electron chi connectivity index (χ2n) is 3.42. The fraction of sp³-hybridized carbons (Fsp3) is 0.778. The van der Waals surface area contributed by atoms with Gasteiger partial charge >= 0.3 is 0 Å². The van der Waals surface area contributed by atoms with Crippen LogP contribution in [-0.2, 0) is 0 Å². The SMILES string of the molecule is CN=C(N)SCC(O)CSSCC(O)CSC(=N)N. The molecule has 7 N–H and O–H groups in total. The maximum absolute atomic E-state index is 9.66. The summed E-state index contributed by atoms with van der Waals surface area (Å²) in [5.74, 6) is 2.05. The first-order chi connectivity index (χ1) is 8.95. The Morgan fingerprint density at radius 3 is 1.95 bits per heavy atom. The highest BCUT2D eigenvalue weighted by atomic mass is 33.1. The molecule has 0 heterocycles. The number of aliphatic imine (C=N–C) groups is 1. The summed E-state index contributed by atoms with van der Waals surface area (Å²) in [7, 11) is 4.61. The van der Waals surface area contributed by atoms with Crippen LogP contribution in [0, 0.1) is 5.41 Å². The Morgan fingerprint density at radius 2 is 1.53 bits per heavy atom. The Balaban J connectivity index is 3.49. The summed E-state index contributed by atoms with van der Waals surface area (Å²) in [6, 6.07) is 0. The predicted octanol–water partition coefficient (Wildman–Crippen LogP) is 0.394. The van der Waals surface area contributed by atoms with Crippen LogP contribution in [0.2, 0.25) is 0 Å². The second-order valence-corrected chi connectivity index (χ2v) is 8.08. The number of nitrogens with one attached hydrogen (secondary N) is 1. The summed E-state index contributed by atoms with van der Waals surface area (Å²) in [6.07, 6.45) is -0.952. The molecule has 0 aromatic rings. The molecule has 0 bridgehead atoms. The molecule has 0 saturated carbocycles. The molecule has 0 saturated heterocycles. The lowest BCUT2D eigenvalue weighted by molar-refractivity contribution is 0.224. The van der Waals surface area contributed by atoms with Crippen LogP contribution in [0.3, 0.4) is 0 Å². The van der Waals surface area contributed by atoms with E-state index in [0.29, 0.717) is 28.2 Å². The molecule has 19 heavy (non-hydrogen) atoms. The summed E-state index contributed by atoms with van der Waals surface area (Å²) in [4.78, 5) is 3.79. The zero-order valence-electron chi connectivity index (χ0n) is 10.6. The molecule has 0 aromatic heterocycles. The average Bonchev–Trinajstić information content (AvgIpc) is 2.38. The van der Waals surface area contributed by atoms with Crippen LogP contribution < -0.4 is 11.5 Å². The Labute approximate surface area is 129 Å². The number of rotatable bonds is 9. The highest BCUT2D eigenvalue weighted by Gasteiger charge is 2.09. The van der Waals surface area contributed by atoms with Crippen molar-refractivity contribution in [1.82, 2.24) is 0 Å². The number of aliphatic hydroxyl groups is 2. The second kappa shape index (κ2) is 12.0.